The van der Waals surface area contributed by atoms with E-state index in [0.29, 0.717) is 42.3 Å². The molecule has 0 N–H and O–H groups in total. The summed E-state index contributed by atoms with van der Waals surface area (Å²) in [5, 5.41) is 4.27. The maximum Gasteiger partial charge on any atom is 0.316 e. The number of nitrogens with zero attached hydrogens (tertiary/aromatic N) is 4. The summed E-state index contributed by atoms with van der Waals surface area (Å²) in [6.45, 7) is 4.58. The molecule has 192 valence electrons. The fourth-order valence-corrected chi connectivity index (χ4v) is 7.09. The molecule has 0 radical (unpaired) electrons. The first kappa shape index (κ1) is 25.9. The maximum absolute atomic E-state index is 13.5. The van der Waals surface area contributed by atoms with Gasteiger partial charge in [-0.1, -0.05) is 17.7 Å². The highest BCUT2D eigenvalue weighted by atomic mass is 35.5. The summed E-state index contributed by atoms with van der Waals surface area (Å²) in [6.07, 6.45) is 1.69. The molecule has 2 aliphatic rings. The minimum absolute atomic E-state index is 0.00625. The van der Waals surface area contributed by atoms with Gasteiger partial charge in [0.25, 0.3) is 0 Å². The van der Waals surface area contributed by atoms with Crippen LogP contribution in [0.2, 0.25) is 5.02 Å². The predicted molar refractivity (Wildman–Crippen MR) is 135 cm³/mol. The molecule has 2 aliphatic heterocycles. The molecule has 1 aromatic carbocycles. The third kappa shape index (κ3) is 5.65. The van der Waals surface area contributed by atoms with E-state index in [2.05, 4.69) is 5.10 Å². The zero-order chi connectivity index (χ0) is 25.4. The van der Waals surface area contributed by atoms with Crippen LogP contribution >= 0.6 is 11.6 Å². The summed E-state index contributed by atoms with van der Waals surface area (Å²) in [6, 6.07) is 6.71. The number of ether oxygens (including phenoxy) is 1. The molecule has 0 spiro atoms. The fourth-order valence-electron chi connectivity index (χ4n) is 4.19. The minimum atomic E-state index is -3.38. The zero-order valence-corrected chi connectivity index (χ0v) is 22.0. The number of sulfonamides is 1. The van der Waals surface area contributed by atoms with Crippen molar-refractivity contribution in [1.82, 2.24) is 14.1 Å². The number of rotatable bonds is 6. The lowest BCUT2D eigenvalue weighted by atomic mass is 10.2. The molecule has 4 rings (SSSR count). The molecule has 0 saturated carbocycles. The third-order valence-electron chi connectivity index (χ3n) is 6.29. The Morgan fingerprint density at radius 1 is 1.11 bits per heavy atom. The van der Waals surface area contributed by atoms with Crippen LogP contribution in [0.25, 0.3) is 5.69 Å². The van der Waals surface area contributed by atoms with Gasteiger partial charge in [0.2, 0.25) is 15.8 Å². The van der Waals surface area contributed by atoms with Crippen LogP contribution in [-0.2, 0) is 19.9 Å². The van der Waals surface area contributed by atoms with Gasteiger partial charge in [-0.15, -0.1) is 0 Å². The van der Waals surface area contributed by atoms with Crippen molar-refractivity contribution in [2.75, 3.05) is 42.6 Å². The molecule has 0 amide bonds. The topological polar surface area (TPSA) is 119 Å². The second-order valence-electron chi connectivity index (χ2n) is 9.00. The summed E-state index contributed by atoms with van der Waals surface area (Å²) in [5.74, 6) is 0.0861. The van der Waals surface area contributed by atoms with Gasteiger partial charge >= 0.3 is 5.56 Å². The molecule has 13 heteroatoms. The number of aromatic nitrogens is 2. The van der Waals surface area contributed by atoms with Gasteiger partial charge in [-0.25, -0.2) is 16.8 Å². The number of halogens is 1. The van der Waals surface area contributed by atoms with Crippen LogP contribution in [0.1, 0.15) is 26.7 Å². The lowest BCUT2D eigenvalue weighted by Gasteiger charge is -2.36. The van der Waals surface area contributed by atoms with Crippen molar-refractivity contribution in [3.63, 3.8) is 0 Å². The number of anilines is 1. The van der Waals surface area contributed by atoms with Crippen molar-refractivity contribution in [1.29, 1.82) is 0 Å². The lowest BCUT2D eigenvalue weighted by molar-refractivity contribution is 0.186. The van der Waals surface area contributed by atoms with Gasteiger partial charge in [-0.2, -0.15) is 14.1 Å². The van der Waals surface area contributed by atoms with E-state index >= 15 is 0 Å². The van der Waals surface area contributed by atoms with Crippen molar-refractivity contribution in [3.8, 4) is 11.4 Å². The Bertz CT molecular complexity index is 1340. The molecule has 10 nitrogen and oxygen atoms in total. The first-order chi connectivity index (χ1) is 16.5. The van der Waals surface area contributed by atoms with Crippen LogP contribution in [0.3, 0.4) is 0 Å². The highest BCUT2D eigenvalue weighted by molar-refractivity contribution is 7.91. The maximum atomic E-state index is 13.5. The largest absolute Gasteiger partial charge is 0.483 e. The van der Waals surface area contributed by atoms with Crippen LogP contribution in [0, 0.1) is 0 Å². The SMILES string of the molecule is CC(C)S(=O)(=O)N1CCN(c2cnn(-c3cccc(Cl)c3)c(=O)c2OC2CCS(=O)(=O)CC2)CC1. The van der Waals surface area contributed by atoms with E-state index in [0.717, 1.165) is 0 Å². The second kappa shape index (κ2) is 10.1. The van der Waals surface area contributed by atoms with Crippen molar-refractivity contribution in [2.24, 2.45) is 0 Å². The summed E-state index contributed by atoms with van der Waals surface area (Å²) < 4.78 is 57.6. The Morgan fingerprint density at radius 3 is 2.37 bits per heavy atom. The summed E-state index contributed by atoms with van der Waals surface area (Å²) in [5.41, 5.74) is 0.441. The van der Waals surface area contributed by atoms with Crippen LogP contribution in [-0.4, -0.2) is 80.0 Å². The molecular weight excluding hydrogens is 516 g/mol. The van der Waals surface area contributed by atoms with Gasteiger partial charge in [0.1, 0.15) is 11.8 Å². The quantitative estimate of drug-likeness (QED) is 0.539. The molecule has 2 aromatic rings. The van der Waals surface area contributed by atoms with E-state index in [9.17, 15) is 21.6 Å². The second-order valence-corrected chi connectivity index (χ2v) is 14.2. The summed E-state index contributed by atoms with van der Waals surface area (Å²) in [7, 11) is -6.47. The number of benzene rings is 1. The fraction of sp³-hybridized carbons (Fsp3) is 0.545. The Morgan fingerprint density at radius 2 is 1.77 bits per heavy atom. The lowest BCUT2D eigenvalue weighted by Crippen LogP contribution is -2.51. The average Bonchev–Trinajstić information content (AvgIpc) is 2.81. The zero-order valence-electron chi connectivity index (χ0n) is 19.6. The van der Waals surface area contributed by atoms with Gasteiger partial charge in [-0.3, -0.25) is 4.79 Å². The molecule has 0 atom stereocenters. The van der Waals surface area contributed by atoms with Crippen LogP contribution in [0.15, 0.2) is 35.3 Å². The highest BCUT2D eigenvalue weighted by Gasteiger charge is 2.32. The predicted octanol–water partition coefficient (Wildman–Crippen LogP) is 1.70. The molecule has 2 saturated heterocycles. The van der Waals surface area contributed by atoms with E-state index in [4.69, 9.17) is 16.3 Å². The van der Waals surface area contributed by atoms with Gasteiger partial charge in [0, 0.05) is 31.2 Å². The molecular formula is C22H29ClN4O6S2. The van der Waals surface area contributed by atoms with Gasteiger partial charge in [0.15, 0.2) is 9.84 Å². The van der Waals surface area contributed by atoms with E-state index in [1.165, 1.54) is 15.2 Å². The molecule has 2 fully saturated rings. The molecule has 3 heterocycles. The Kier molecular flexibility index (Phi) is 7.46. The monoisotopic (exact) mass is 544 g/mol. The van der Waals surface area contributed by atoms with E-state index in [1.807, 2.05) is 4.90 Å². The van der Waals surface area contributed by atoms with Crippen molar-refractivity contribution in [3.05, 3.63) is 45.8 Å². The first-order valence-electron chi connectivity index (χ1n) is 11.5. The van der Waals surface area contributed by atoms with Crippen molar-refractivity contribution in [2.45, 2.75) is 38.0 Å². The van der Waals surface area contributed by atoms with E-state index in [1.54, 1.807) is 38.1 Å². The number of hydrogen-bond donors (Lipinski definition) is 0. The molecule has 35 heavy (non-hydrogen) atoms. The molecule has 1 aromatic heterocycles. The first-order valence-corrected chi connectivity index (χ1v) is 15.2. The van der Waals surface area contributed by atoms with Crippen LogP contribution < -0.4 is 15.2 Å². The van der Waals surface area contributed by atoms with Gasteiger partial charge < -0.3 is 9.64 Å². The Labute approximate surface area is 210 Å². The summed E-state index contributed by atoms with van der Waals surface area (Å²) >= 11 is 6.10. The third-order valence-corrected chi connectivity index (χ3v) is 10.5. The van der Waals surface area contributed by atoms with Gasteiger partial charge in [0.05, 0.1) is 28.6 Å². The molecule has 0 aliphatic carbocycles. The normalized spacial score (nSPS) is 19.7. The number of sulfone groups is 1. The number of hydrogen-bond acceptors (Lipinski definition) is 8. The Hall–Kier alpha value is -2.15. The van der Waals surface area contributed by atoms with Crippen LogP contribution in [0.5, 0.6) is 5.75 Å². The standard InChI is InChI=1S/C22H29ClN4O6S2/c1-16(2)35(31,32)26-10-8-25(9-11-26)20-15-24-27(18-5-3-4-17(23)14-18)22(28)21(20)33-19-6-12-34(29,30)13-7-19/h3-5,14-16,19H,6-13H2,1-2H3. The van der Waals surface area contributed by atoms with Crippen LogP contribution in [0.4, 0.5) is 5.69 Å². The highest BCUT2D eigenvalue weighted by Crippen LogP contribution is 2.29. The number of piperazine rings is 1. The molecule has 0 unspecified atom stereocenters. The minimum Gasteiger partial charge on any atom is -0.483 e. The summed E-state index contributed by atoms with van der Waals surface area (Å²) in [4.78, 5) is 15.4. The van der Waals surface area contributed by atoms with Crippen molar-refractivity contribution >= 4 is 37.1 Å². The average molecular weight is 545 g/mol. The van der Waals surface area contributed by atoms with Crippen molar-refractivity contribution < 1.29 is 21.6 Å². The smallest absolute Gasteiger partial charge is 0.316 e. The van der Waals surface area contributed by atoms with Gasteiger partial charge in [-0.05, 0) is 44.9 Å². The van der Waals surface area contributed by atoms with E-state index in [-0.39, 0.29) is 30.3 Å². The Balaban J connectivity index is 1.66. The molecule has 0 bridgehead atoms. The van der Waals surface area contributed by atoms with E-state index < -0.39 is 36.8 Å².